The van der Waals surface area contributed by atoms with Crippen LogP contribution in [0.4, 0.5) is 16.0 Å². The van der Waals surface area contributed by atoms with Crippen LogP contribution >= 0.6 is 0 Å². The number of hydrogen-bond acceptors (Lipinski definition) is 8. The number of benzene rings is 1. The minimum atomic E-state index is -0.613. The second kappa shape index (κ2) is 7.38. The monoisotopic (exact) mass is 424 g/mol. The molecule has 11 nitrogen and oxygen atoms in total. The Kier molecular flexibility index (Phi) is 4.53. The van der Waals surface area contributed by atoms with Gasteiger partial charge in [0.1, 0.15) is 29.5 Å². The first-order chi connectivity index (χ1) is 15.0. The molecule has 0 bridgehead atoms. The second-order valence-electron chi connectivity index (χ2n) is 7.59. The third-order valence-electron chi connectivity index (χ3n) is 5.73. The van der Waals surface area contributed by atoms with E-state index in [2.05, 4.69) is 20.2 Å². The van der Waals surface area contributed by atoms with Crippen molar-refractivity contribution < 1.29 is 14.1 Å². The van der Waals surface area contributed by atoms with E-state index in [0.29, 0.717) is 37.8 Å². The molecule has 3 aromatic rings. The molecular weight excluding hydrogens is 407 g/mol. The van der Waals surface area contributed by atoms with Crippen LogP contribution in [0.3, 0.4) is 0 Å². The number of likely N-dealkylation sites (tertiary alicyclic amines) is 1. The van der Waals surface area contributed by atoms with Crippen LogP contribution in [-0.2, 0) is 0 Å². The van der Waals surface area contributed by atoms with Crippen molar-refractivity contribution in [3.63, 3.8) is 0 Å². The zero-order valence-electron chi connectivity index (χ0n) is 16.2. The Hall–Kier alpha value is -3.96. The number of rotatable bonds is 4. The number of halogens is 1. The maximum Gasteiger partial charge on any atom is 0.305 e. The Morgan fingerprint density at radius 2 is 1.71 bits per heavy atom. The first-order valence-electron chi connectivity index (χ1n) is 9.67. The molecular formula is C19H17FN8O3. The molecule has 0 radical (unpaired) electrons. The molecule has 0 saturated carbocycles. The predicted molar refractivity (Wildman–Crippen MR) is 105 cm³/mol. The third-order valence-corrected chi connectivity index (χ3v) is 5.73. The Morgan fingerprint density at radius 3 is 2.32 bits per heavy atom. The van der Waals surface area contributed by atoms with E-state index in [1.54, 1.807) is 11.0 Å². The molecule has 0 aliphatic carbocycles. The highest BCUT2D eigenvalue weighted by molar-refractivity contribution is 5.98. The highest BCUT2D eigenvalue weighted by atomic mass is 19.1. The number of anilines is 1. The van der Waals surface area contributed by atoms with Crippen molar-refractivity contribution in [3.05, 3.63) is 64.5 Å². The molecule has 2 aliphatic heterocycles. The summed E-state index contributed by atoms with van der Waals surface area (Å²) in [6.45, 7) is 2.20. The van der Waals surface area contributed by atoms with Gasteiger partial charge in [0.25, 0.3) is 5.91 Å². The van der Waals surface area contributed by atoms with Crippen LogP contribution < -0.4 is 4.90 Å². The fraction of sp³-hybridized carbons (Fsp3) is 0.316. The van der Waals surface area contributed by atoms with Gasteiger partial charge in [0.15, 0.2) is 0 Å². The average Bonchev–Trinajstić information content (AvgIpc) is 3.49. The largest absolute Gasteiger partial charge is 0.340 e. The van der Waals surface area contributed by atoms with Gasteiger partial charge in [-0.25, -0.2) is 14.4 Å². The molecule has 1 aromatic carbocycles. The van der Waals surface area contributed by atoms with E-state index in [9.17, 15) is 19.3 Å². The van der Waals surface area contributed by atoms with Crippen molar-refractivity contribution in [2.75, 3.05) is 31.1 Å². The van der Waals surface area contributed by atoms with Crippen LogP contribution in [0.2, 0.25) is 0 Å². The lowest BCUT2D eigenvalue weighted by atomic mass is 10.0. The van der Waals surface area contributed by atoms with E-state index in [1.165, 1.54) is 41.7 Å². The smallest absolute Gasteiger partial charge is 0.305 e. The number of fused-ring (bicyclic) bond motifs is 1. The zero-order valence-corrected chi connectivity index (χ0v) is 16.2. The maximum absolute atomic E-state index is 14.6. The van der Waals surface area contributed by atoms with Gasteiger partial charge in [-0.3, -0.25) is 14.9 Å². The lowest BCUT2D eigenvalue weighted by molar-refractivity contribution is -0.385. The molecule has 1 amide bonds. The maximum atomic E-state index is 14.6. The van der Waals surface area contributed by atoms with Gasteiger partial charge in [0, 0.05) is 38.0 Å². The van der Waals surface area contributed by atoms with E-state index in [4.69, 9.17) is 0 Å². The van der Waals surface area contributed by atoms with Crippen LogP contribution in [0, 0.1) is 27.8 Å². The van der Waals surface area contributed by atoms with E-state index >= 15 is 0 Å². The van der Waals surface area contributed by atoms with Crippen molar-refractivity contribution in [3.8, 4) is 5.69 Å². The van der Waals surface area contributed by atoms with E-state index in [0.717, 1.165) is 0 Å². The molecule has 31 heavy (non-hydrogen) atoms. The van der Waals surface area contributed by atoms with Gasteiger partial charge < -0.3 is 9.80 Å². The third kappa shape index (κ3) is 3.35. The summed E-state index contributed by atoms with van der Waals surface area (Å²) in [7, 11) is 0. The Morgan fingerprint density at radius 1 is 1.06 bits per heavy atom. The molecule has 2 aromatic heterocycles. The summed E-state index contributed by atoms with van der Waals surface area (Å²) in [5.41, 5.74) is 0.0921. The van der Waals surface area contributed by atoms with Crippen LogP contribution in [-0.4, -0.2) is 66.9 Å². The molecule has 2 fully saturated rings. The Labute approximate surface area is 175 Å². The molecule has 0 N–H and O–H groups in total. The summed E-state index contributed by atoms with van der Waals surface area (Å²) in [5.74, 6) is -0.212. The van der Waals surface area contributed by atoms with Gasteiger partial charge in [-0.05, 0) is 12.1 Å². The molecule has 4 heterocycles. The Bertz CT molecular complexity index is 1120. The van der Waals surface area contributed by atoms with Crippen molar-refractivity contribution in [1.29, 1.82) is 0 Å². The second-order valence-corrected chi connectivity index (χ2v) is 7.59. The first kappa shape index (κ1) is 19.0. The van der Waals surface area contributed by atoms with Crippen molar-refractivity contribution in [2.24, 2.45) is 11.8 Å². The molecule has 2 unspecified atom stereocenters. The lowest BCUT2D eigenvalue weighted by Gasteiger charge is -2.22. The highest BCUT2D eigenvalue weighted by Gasteiger charge is 2.43. The number of aromatic nitrogens is 5. The lowest BCUT2D eigenvalue weighted by Crippen LogP contribution is -2.34. The molecule has 2 aliphatic rings. The summed E-state index contributed by atoms with van der Waals surface area (Å²) in [6.07, 6.45) is 5.31. The van der Waals surface area contributed by atoms with Crippen molar-refractivity contribution in [1.82, 2.24) is 29.9 Å². The van der Waals surface area contributed by atoms with Crippen LogP contribution in [0.5, 0.6) is 0 Å². The van der Waals surface area contributed by atoms with Crippen LogP contribution in [0.25, 0.3) is 5.69 Å². The fourth-order valence-corrected chi connectivity index (χ4v) is 4.28. The van der Waals surface area contributed by atoms with E-state index < -0.39 is 16.6 Å². The Balaban J connectivity index is 1.31. The highest BCUT2D eigenvalue weighted by Crippen LogP contribution is 2.34. The quantitative estimate of drug-likeness (QED) is 0.454. The van der Waals surface area contributed by atoms with Gasteiger partial charge in [-0.1, -0.05) is 6.07 Å². The standard InChI is InChI=1S/C19H17FN8O3/c20-15-2-1-3-16(27-23-4-5-24-27)17(15)18(29)25-8-12-10-26(11-13(12)9-25)19-21-6-14(7-22-19)28(30)31/h1-7,12-13H,8-11H2. The average molecular weight is 424 g/mol. The number of nitrogens with zero attached hydrogens (tertiary/aromatic N) is 8. The zero-order chi connectivity index (χ0) is 21.5. The SMILES string of the molecule is O=C(c1c(F)cccc1-n1nccn1)N1CC2CN(c3ncc([N+](=O)[O-])cn3)CC2C1. The summed E-state index contributed by atoms with van der Waals surface area (Å²) in [5, 5.41) is 18.8. The summed E-state index contributed by atoms with van der Waals surface area (Å²) < 4.78 is 14.6. The number of amides is 1. The number of hydrogen-bond donors (Lipinski definition) is 0. The topological polar surface area (TPSA) is 123 Å². The van der Waals surface area contributed by atoms with Gasteiger partial charge >= 0.3 is 5.69 Å². The van der Waals surface area contributed by atoms with Crippen molar-refractivity contribution in [2.45, 2.75) is 0 Å². The molecule has 2 atom stereocenters. The molecule has 5 rings (SSSR count). The first-order valence-corrected chi connectivity index (χ1v) is 9.67. The number of carbonyl (C=O) groups excluding carboxylic acids is 1. The van der Waals surface area contributed by atoms with E-state index in [1.807, 2.05) is 4.90 Å². The molecule has 0 spiro atoms. The molecule has 158 valence electrons. The fourth-order valence-electron chi connectivity index (χ4n) is 4.28. The van der Waals surface area contributed by atoms with Gasteiger partial charge in [-0.15, -0.1) is 0 Å². The molecule has 2 saturated heterocycles. The van der Waals surface area contributed by atoms with Gasteiger partial charge in [-0.2, -0.15) is 15.0 Å². The minimum Gasteiger partial charge on any atom is -0.340 e. The van der Waals surface area contributed by atoms with Gasteiger partial charge in [0.05, 0.1) is 17.3 Å². The van der Waals surface area contributed by atoms with Crippen LogP contribution in [0.1, 0.15) is 10.4 Å². The van der Waals surface area contributed by atoms with Crippen LogP contribution in [0.15, 0.2) is 43.0 Å². The number of nitro groups is 1. The normalized spacial score (nSPS) is 20.2. The van der Waals surface area contributed by atoms with Gasteiger partial charge in [0.2, 0.25) is 5.95 Å². The number of carbonyl (C=O) groups is 1. The predicted octanol–water partition coefficient (Wildman–Crippen LogP) is 1.31. The summed E-state index contributed by atoms with van der Waals surface area (Å²) in [4.78, 5) is 36.5. The van der Waals surface area contributed by atoms with Crippen molar-refractivity contribution >= 4 is 17.5 Å². The summed E-state index contributed by atoms with van der Waals surface area (Å²) in [6, 6.07) is 4.39. The molecule has 12 heteroatoms. The summed E-state index contributed by atoms with van der Waals surface area (Å²) >= 11 is 0. The van der Waals surface area contributed by atoms with E-state index in [-0.39, 0.29) is 23.1 Å². The minimum absolute atomic E-state index is 0.0470.